The maximum absolute atomic E-state index is 12.7. The fourth-order valence-electron chi connectivity index (χ4n) is 3.19. The van der Waals surface area contributed by atoms with E-state index in [1.54, 1.807) is 6.07 Å². The summed E-state index contributed by atoms with van der Waals surface area (Å²) < 4.78 is 0. The molecule has 1 heterocycles. The largest absolute Gasteiger partial charge is 0.352 e. The van der Waals surface area contributed by atoms with Gasteiger partial charge in [-0.25, -0.2) is 4.79 Å². The minimum atomic E-state index is -0.690. The normalized spacial score (nSPS) is 17.4. The van der Waals surface area contributed by atoms with Crippen molar-refractivity contribution in [1.82, 2.24) is 15.5 Å². The van der Waals surface area contributed by atoms with Gasteiger partial charge in [-0.05, 0) is 30.5 Å². The molecule has 4 amide bonds. The zero-order chi connectivity index (χ0) is 20.1. The zero-order valence-electron chi connectivity index (χ0n) is 15.5. The van der Waals surface area contributed by atoms with E-state index in [2.05, 4.69) is 10.6 Å². The van der Waals surface area contributed by atoms with Crippen molar-refractivity contribution in [3.8, 4) is 0 Å². The van der Waals surface area contributed by atoms with Gasteiger partial charge < -0.3 is 10.6 Å². The highest BCUT2D eigenvalue weighted by atomic mass is 35.5. The first-order chi connectivity index (χ1) is 13.5. The van der Waals surface area contributed by atoms with Crippen molar-refractivity contribution in [3.05, 3.63) is 70.7 Å². The Labute approximate surface area is 168 Å². The lowest BCUT2D eigenvalue weighted by molar-refractivity contribution is -0.129. The standard InChI is InChI=1S/C21H22ClN3O3/c1-14(15-7-3-2-4-8-15)25-20(27)18(24-21(25)28)11-12-19(26)23-13-16-9-5-6-10-17(16)22/h2-10,14,18H,11-13H2,1H3,(H,23,26)(H,24,28)/t14-,18-/m0/s1. The van der Waals surface area contributed by atoms with Gasteiger partial charge in [0, 0.05) is 18.0 Å². The lowest BCUT2D eigenvalue weighted by Gasteiger charge is -2.21. The number of hydrogen-bond donors (Lipinski definition) is 2. The molecule has 2 aromatic rings. The maximum atomic E-state index is 12.7. The lowest BCUT2D eigenvalue weighted by Crippen LogP contribution is -2.34. The number of carbonyl (C=O) groups is 3. The third-order valence-corrected chi connectivity index (χ3v) is 5.18. The fraction of sp³-hybridized carbons (Fsp3) is 0.286. The molecule has 6 nitrogen and oxygen atoms in total. The quantitative estimate of drug-likeness (QED) is 0.700. The zero-order valence-corrected chi connectivity index (χ0v) is 16.3. The van der Waals surface area contributed by atoms with E-state index in [4.69, 9.17) is 11.6 Å². The number of urea groups is 1. The summed E-state index contributed by atoms with van der Waals surface area (Å²) in [6.07, 6.45) is 0.381. The Bertz CT molecular complexity index is 872. The molecular formula is C21H22ClN3O3. The second-order valence-corrected chi connectivity index (χ2v) is 7.11. The molecule has 7 heteroatoms. The summed E-state index contributed by atoms with van der Waals surface area (Å²) in [7, 11) is 0. The van der Waals surface area contributed by atoms with Crippen LogP contribution in [0.2, 0.25) is 5.02 Å². The van der Waals surface area contributed by atoms with Crippen molar-refractivity contribution < 1.29 is 14.4 Å². The molecule has 0 unspecified atom stereocenters. The predicted molar refractivity (Wildman–Crippen MR) is 107 cm³/mol. The van der Waals surface area contributed by atoms with E-state index in [0.717, 1.165) is 11.1 Å². The Morgan fingerprint density at radius 3 is 2.54 bits per heavy atom. The van der Waals surface area contributed by atoms with Crippen LogP contribution in [-0.2, 0) is 16.1 Å². The molecule has 1 saturated heterocycles. The minimum absolute atomic E-state index is 0.134. The van der Waals surface area contributed by atoms with Crippen LogP contribution in [0.1, 0.15) is 36.9 Å². The predicted octanol–water partition coefficient (Wildman–Crippen LogP) is 3.42. The molecule has 1 aliphatic heterocycles. The van der Waals surface area contributed by atoms with Crippen LogP contribution in [-0.4, -0.2) is 28.8 Å². The summed E-state index contributed by atoms with van der Waals surface area (Å²) in [6.45, 7) is 2.13. The third kappa shape index (κ3) is 4.51. The van der Waals surface area contributed by atoms with Gasteiger partial charge in [0.1, 0.15) is 6.04 Å². The molecule has 2 aromatic carbocycles. The average Bonchev–Trinajstić information content (AvgIpc) is 2.99. The number of carbonyl (C=O) groups excluding carboxylic acids is 3. The lowest BCUT2D eigenvalue weighted by atomic mass is 10.1. The molecule has 3 rings (SSSR count). The first-order valence-electron chi connectivity index (χ1n) is 9.16. The van der Waals surface area contributed by atoms with Crippen molar-refractivity contribution in [1.29, 1.82) is 0 Å². The molecule has 2 atom stereocenters. The minimum Gasteiger partial charge on any atom is -0.352 e. The van der Waals surface area contributed by atoms with Gasteiger partial charge in [0.05, 0.1) is 6.04 Å². The van der Waals surface area contributed by atoms with Gasteiger partial charge in [0.15, 0.2) is 0 Å². The van der Waals surface area contributed by atoms with Gasteiger partial charge >= 0.3 is 6.03 Å². The van der Waals surface area contributed by atoms with Gasteiger partial charge in [-0.15, -0.1) is 0 Å². The summed E-state index contributed by atoms with van der Waals surface area (Å²) in [5, 5.41) is 6.06. The number of nitrogens with one attached hydrogen (secondary N) is 2. The van der Waals surface area contributed by atoms with Crippen LogP contribution >= 0.6 is 11.6 Å². The van der Waals surface area contributed by atoms with Crippen LogP contribution in [0.15, 0.2) is 54.6 Å². The van der Waals surface area contributed by atoms with Crippen molar-refractivity contribution in [2.24, 2.45) is 0 Å². The Kier molecular flexibility index (Phi) is 6.31. The molecule has 1 aliphatic rings. The van der Waals surface area contributed by atoms with Gasteiger partial charge in [0.25, 0.3) is 5.91 Å². The summed E-state index contributed by atoms with van der Waals surface area (Å²) in [4.78, 5) is 38.3. The van der Waals surface area contributed by atoms with Gasteiger partial charge in [-0.1, -0.05) is 60.1 Å². The molecule has 0 aromatic heterocycles. The number of hydrogen-bond acceptors (Lipinski definition) is 3. The highest BCUT2D eigenvalue weighted by Gasteiger charge is 2.40. The van der Waals surface area contributed by atoms with Gasteiger partial charge in [-0.3, -0.25) is 14.5 Å². The number of halogens is 1. The number of amides is 4. The van der Waals surface area contributed by atoms with Crippen molar-refractivity contribution in [2.75, 3.05) is 0 Å². The van der Waals surface area contributed by atoms with E-state index in [1.165, 1.54) is 4.90 Å². The number of imide groups is 1. The molecule has 0 radical (unpaired) electrons. The molecule has 0 saturated carbocycles. The van der Waals surface area contributed by atoms with Crippen LogP contribution in [0.5, 0.6) is 0 Å². The van der Waals surface area contributed by atoms with Gasteiger partial charge in [-0.2, -0.15) is 0 Å². The van der Waals surface area contributed by atoms with E-state index in [1.807, 2.05) is 55.5 Å². The molecule has 28 heavy (non-hydrogen) atoms. The topological polar surface area (TPSA) is 78.5 Å². The summed E-state index contributed by atoms with van der Waals surface area (Å²) in [6, 6.07) is 15.2. The number of rotatable bonds is 7. The highest BCUT2D eigenvalue weighted by Crippen LogP contribution is 2.25. The fourth-order valence-corrected chi connectivity index (χ4v) is 3.39. The van der Waals surface area contributed by atoms with E-state index < -0.39 is 12.1 Å². The van der Waals surface area contributed by atoms with E-state index in [-0.39, 0.29) is 30.7 Å². The Balaban J connectivity index is 1.52. The molecular weight excluding hydrogens is 378 g/mol. The Morgan fingerprint density at radius 1 is 1.14 bits per heavy atom. The SMILES string of the molecule is C[C@@H](c1ccccc1)N1C(=O)N[C@@H](CCC(=O)NCc2ccccc2Cl)C1=O. The Hall–Kier alpha value is -2.86. The maximum Gasteiger partial charge on any atom is 0.325 e. The van der Waals surface area contributed by atoms with E-state index in [0.29, 0.717) is 11.6 Å². The molecule has 146 valence electrons. The number of nitrogens with zero attached hydrogens (tertiary/aromatic N) is 1. The monoisotopic (exact) mass is 399 g/mol. The first kappa shape index (κ1) is 19.9. The van der Waals surface area contributed by atoms with E-state index >= 15 is 0 Å². The first-order valence-corrected chi connectivity index (χ1v) is 9.54. The van der Waals surface area contributed by atoms with Gasteiger partial charge in [0.2, 0.25) is 5.91 Å². The summed E-state index contributed by atoms with van der Waals surface area (Å²) >= 11 is 6.07. The third-order valence-electron chi connectivity index (χ3n) is 4.82. The van der Waals surface area contributed by atoms with Crippen LogP contribution in [0.4, 0.5) is 4.79 Å². The van der Waals surface area contributed by atoms with Crippen LogP contribution in [0.25, 0.3) is 0 Å². The van der Waals surface area contributed by atoms with Crippen LogP contribution < -0.4 is 10.6 Å². The molecule has 0 bridgehead atoms. The highest BCUT2D eigenvalue weighted by molar-refractivity contribution is 6.31. The van der Waals surface area contributed by atoms with E-state index in [9.17, 15) is 14.4 Å². The van der Waals surface area contributed by atoms with Crippen LogP contribution in [0, 0.1) is 0 Å². The molecule has 0 spiro atoms. The number of benzene rings is 2. The van der Waals surface area contributed by atoms with Crippen molar-refractivity contribution in [3.63, 3.8) is 0 Å². The second-order valence-electron chi connectivity index (χ2n) is 6.70. The average molecular weight is 400 g/mol. The van der Waals surface area contributed by atoms with Crippen molar-refractivity contribution >= 4 is 29.4 Å². The van der Waals surface area contributed by atoms with Crippen LogP contribution in [0.3, 0.4) is 0 Å². The second kappa shape index (κ2) is 8.89. The molecule has 0 aliphatic carbocycles. The van der Waals surface area contributed by atoms with Crippen molar-refractivity contribution in [2.45, 2.75) is 38.4 Å². The Morgan fingerprint density at radius 2 is 1.82 bits per heavy atom. The smallest absolute Gasteiger partial charge is 0.325 e. The molecule has 1 fully saturated rings. The summed E-state index contributed by atoms with van der Waals surface area (Å²) in [5.41, 5.74) is 1.70. The molecule has 2 N–H and O–H groups in total. The summed E-state index contributed by atoms with van der Waals surface area (Å²) in [5.74, 6) is -0.503.